The fourth-order valence-electron chi connectivity index (χ4n) is 2.16. The molecule has 21 heavy (non-hydrogen) atoms. The molecule has 2 aromatic rings. The SMILES string of the molecule is CN(C)CCCNC(=O)CCn1ncc2cc(Cl)ccc21. The van der Waals surface area contributed by atoms with Gasteiger partial charge in [-0.15, -0.1) is 0 Å². The molecule has 1 heterocycles. The van der Waals surface area contributed by atoms with Gasteiger partial charge in [-0.3, -0.25) is 9.48 Å². The van der Waals surface area contributed by atoms with Gasteiger partial charge in [-0.2, -0.15) is 5.10 Å². The molecule has 1 aromatic heterocycles. The van der Waals surface area contributed by atoms with Crippen molar-refractivity contribution in [3.63, 3.8) is 0 Å². The summed E-state index contributed by atoms with van der Waals surface area (Å²) in [4.78, 5) is 13.9. The molecular weight excluding hydrogens is 288 g/mol. The zero-order valence-electron chi connectivity index (χ0n) is 12.5. The highest BCUT2D eigenvalue weighted by atomic mass is 35.5. The second-order valence-electron chi connectivity index (χ2n) is 5.33. The van der Waals surface area contributed by atoms with Gasteiger partial charge in [-0.1, -0.05) is 11.6 Å². The van der Waals surface area contributed by atoms with E-state index in [4.69, 9.17) is 11.6 Å². The first kappa shape index (κ1) is 15.8. The highest BCUT2D eigenvalue weighted by Gasteiger charge is 2.06. The minimum absolute atomic E-state index is 0.0615. The van der Waals surface area contributed by atoms with Crippen LogP contribution in [0.15, 0.2) is 24.4 Å². The van der Waals surface area contributed by atoms with E-state index in [0.29, 0.717) is 24.5 Å². The lowest BCUT2D eigenvalue weighted by molar-refractivity contribution is -0.121. The Morgan fingerprint density at radius 2 is 2.24 bits per heavy atom. The van der Waals surface area contributed by atoms with Crippen LogP contribution in [-0.2, 0) is 11.3 Å². The Bertz CT molecular complexity index is 609. The normalized spacial score (nSPS) is 11.2. The van der Waals surface area contributed by atoms with E-state index in [0.717, 1.165) is 23.9 Å². The first-order chi connectivity index (χ1) is 10.1. The monoisotopic (exact) mass is 308 g/mol. The van der Waals surface area contributed by atoms with E-state index in [9.17, 15) is 4.79 Å². The number of aromatic nitrogens is 2. The largest absolute Gasteiger partial charge is 0.356 e. The Hall–Kier alpha value is -1.59. The third-order valence-corrected chi connectivity index (χ3v) is 3.49. The molecule has 0 atom stereocenters. The molecule has 1 N–H and O–H groups in total. The molecule has 6 heteroatoms. The molecule has 1 amide bonds. The van der Waals surface area contributed by atoms with E-state index >= 15 is 0 Å². The van der Waals surface area contributed by atoms with E-state index in [-0.39, 0.29) is 5.91 Å². The maximum Gasteiger partial charge on any atom is 0.221 e. The lowest BCUT2D eigenvalue weighted by atomic mass is 10.2. The lowest BCUT2D eigenvalue weighted by Gasteiger charge is -2.10. The summed E-state index contributed by atoms with van der Waals surface area (Å²) in [5, 5.41) is 8.92. The number of aryl methyl sites for hydroxylation is 1. The first-order valence-corrected chi connectivity index (χ1v) is 7.46. The van der Waals surface area contributed by atoms with Crippen LogP contribution in [0.5, 0.6) is 0 Å². The van der Waals surface area contributed by atoms with Crippen LogP contribution < -0.4 is 5.32 Å². The van der Waals surface area contributed by atoms with Crippen molar-refractivity contribution in [1.82, 2.24) is 20.0 Å². The third-order valence-electron chi connectivity index (χ3n) is 3.26. The molecule has 0 saturated carbocycles. The zero-order chi connectivity index (χ0) is 15.2. The van der Waals surface area contributed by atoms with Gasteiger partial charge in [-0.05, 0) is 45.3 Å². The maximum atomic E-state index is 11.8. The molecule has 0 aliphatic rings. The second kappa shape index (κ2) is 7.43. The van der Waals surface area contributed by atoms with Crippen molar-refractivity contribution >= 4 is 28.4 Å². The number of hydrogen-bond acceptors (Lipinski definition) is 3. The fraction of sp³-hybridized carbons (Fsp3) is 0.467. The number of halogens is 1. The third kappa shape index (κ3) is 4.72. The quantitative estimate of drug-likeness (QED) is 0.797. The summed E-state index contributed by atoms with van der Waals surface area (Å²) >= 11 is 5.94. The Kier molecular flexibility index (Phi) is 5.59. The van der Waals surface area contributed by atoms with Gasteiger partial charge in [0.2, 0.25) is 5.91 Å². The molecule has 0 radical (unpaired) electrons. The molecule has 0 saturated heterocycles. The number of carbonyl (C=O) groups is 1. The molecule has 2 rings (SSSR count). The molecule has 5 nitrogen and oxygen atoms in total. The molecule has 0 aliphatic carbocycles. The standard InChI is InChI=1S/C15H21ClN4O/c1-19(2)8-3-7-17-15(21)6-9-20-14-5-4-13(16)10-12(14)11-18-20/h4-5,10-11H,3,6-9H2,1-2H3,(H,17,21). The summed E-state index contributed by atoms with van der Waals surface area (Å²) in [5.41, 5.74) is 1.000. The molecule has 1 aromatic carbocycles. The number of amides is 1. The summed E-state index contributed by atoms with van der Waals surface area (Å²) < 4.78 is 1.84. The Morgan fingerprint density at radius 3 is 3.00 bits per heavy atom. The minimum atomic E-state index is 0.0615. The molecule has 0 spiro atoms. The fourth-order valence-corrected chi connectivity index (χ4v) is 2.34. The van der Waals surface area contributed by atoms with Crippen LogP contribution in [0.2, 0.25) is 5.02 Å². The van der Waals surface area contributed by atoms with Gasteiger partial charge in [-0.25, -0.2) is 0 Å². The van der Waals surface area contributed by atoms with E-state index in [1.54, 1.807) is 6.20 Å². The predicted molar refractivity (Wildman–Crippen MR) is 85.5 cm³/mol. The first-order valence-electron chi connectivity index (χ1n) is 7.09. The second-order valence-corrected chi connectivity index (χ2v) is 5.76. The van der Waals surface area contributed by atoms with Gasteiger partial charge in [0.05, 0.1) is 18.3 Å². The van der Waals surface area contributed by atoms with Crippen LogP contribution in [0.3, 0.4) is 0 Å². The van der Waals surface area contributed by atoms with Crippen molar-refractivity contribution in [2.24, 2.45) is 0 Å². The van der Waals surface area contributed by atoms with Crippen molar-refractivity contribution in [1.29, 1.82) is 0 Å². The average Bonchev–Trinajstić information content (AvgIpc) is 2.83. The number of benzene rings is 1. The van der Waals surface area contributed by atoms with Gasteiger partial charge in [0, 0.05) is 23.4 Å². The predicted octanol–water partition coefficient (Wildman–Crippen LogP) is 2.15. The van der Waals surface area contributed by atoms with Gasteiger partial charge in [0.25, 0.3) is 0 Å². The van der Waals surface area contributed by atoms with Crippen molar-refractivity contribution < 1.29 is 4.79 Å². The van der Waals surface area contributed by atoms with Gasteiger partial charge in [0.15, 0.2) is 0 Å². The number of rotatable bonds is 7. The number of fused-ring (bicyclic) bond motifs is 1. The topological polar surface area (TPSA) is 50.2 Å². The van der Waals surface area contributed by atoms with Crippen LogP contribution in [0, 0.1) is 0 Å². The Balaban J connectivity index is 1.80. The van der Waals surface area contributed by atoms with Crippen molar-refractivity contribution in [3.05, 3.63) is 29.4 Å². The number of nitrogens with zero attached hydrogens (tertiary/aromatic N) is 3. The van der Waals surface area contributed by atoms with Gasteiger partial charge >= 0.3 is 0 Å². The molecule has 114 valence electrons. The summed E-state index contributed by atoms with van der Waals surface area (Å²) in [5.74, 6) is 0.0615. The van der Waals surface area contributed by atoms with Crippen molar-refractivity contribution in [2.45, 2.75) is 19.4 Å². The van der Waals surface area contributed by atoms with Crippen LogP contribution in [-0.4, -0.2) is 47.8 Å². The Labute approximate surface area is 129 Å². The maximum absolute atomic E-state index is 11.8. The molecule has 0 fully saturated rings. The molecule has 0 aliphatic heterocycles. The van der Waals surface area contributed by atoms with Crippen molar-refractivity contribution in [3.8, 4) is 0 Å². The van der Waals surface area contributed by atoms with Gasteiger partial charge in [0.1, 0.15) is 0 Å². The van der Waals surface area contributed by atoms with Crippen LogP contribution >= 0.6 is 11.6 Å². The number of carbonyl (C=O) groups excluding carboxylic acids is 1. The van der Waals surface area contributed by atoms with Crippen molar-refractivity contribution in [2.75, 3.05) is 27.2 Å². The summed E-state index contributed by atoms with van der Waals surface area (Å²) in [6, 6.07) is 5.64. The number of hydrogen-bond donors (Lipinski definition) is 1. The van der Waals surface area contributed by atoms with Crippen LogP contribution in [0.1, 0.15) is 12.8 Å². The highest BCUT2D eigenvalue weighted by molar-refractivity contribution is 6.31. The van der Waals surface area contributed by atoms with E-state index in [1.165, 1.54) is 0 Å². The summed E-state index contributed by atoms with van der Waals surface area (Å²) in [6.45, 7) is 2.27. The van der Waals surface area contributed by atoms with E-state index < -0.39 is 0 Å². The van der Waals surface area contributed by atoms with Gasteiger partial charge < -0.3 is 10.2 Å². The number of nitrogens with one attached hydrogen (secondary N) is 1. The highest BCUT2D eigenvalue weighted by Crippen LogP contribution is 2.18. The molecule has 0 unspecified atom stereocenters. The summed E-state index contributed by atoms with van der Waals surface area (Å²) in [7, 11) is 4.05. The molecule has 0 bridgehead atoms. The minimum Gasteiger partial charge on any atom is -0.356 e. The van der Waals surface area contributed by atoms with E-state index in [2.05, 4.69) is 15.3 Å². The van der Waals surface area contributed by atoms with Crippen LogP contribution in [0.25, 0.3) is 10.9 Å². The Morgan fingerprint density at radius 1 is 1.43 bits per heavy atom. The lowest BCUT2D eigenvalue weighted by Crippen LogP contribution is -2.27. The average molecular weight is 309 g/mol. The smallest absolute Gasteiger partial charge is 0.221 e. The molecular formula is C15H21ClN4O. The summed E-state index contributed by atoms with van der Waals surface area (Å²) in [6.07, 6.45) is 3.17. The zero-order valence-corrected chi connectivity index (χ0v) is 13.2. The van der Waals surface area contributed by atoms with E-state index in [1.807, 2.05) is 37.0 Å². The van der Waals surface area contributed by atoms with Crippen LogP contribution in [0.4, 0.5) is 0 Å².